The van der Waals surface area contributed by atoms with Gasteiger partial charge in [0.2, 0.25) is 0 Å². The third-order valence-electron chi connectivity index (χ3n) is 6.77. The second-order valence-corrected chi connectivity index (χ2v) is 9.30. The van der Waals surface area contributed by atoms with E-state index in [2.05, 4.69) is 63.7 Å². The van der Waals surface area contributed by atoms with Gasteiger partial charge in [-0.15, -0.1) is 0 Å². The van der Waals surface area contributed by atoms with Gasteiger partial charge in [0.15, 0.2) is 0 Å². The van der Waals surface area contributed by atoms with Crippen molar-refractivity contribution in [2.75, 3.05) is 31.2 Å². The second-order valence-electron chi connectivity index (χ2n) is 9.30. The molecule has 0 saturated carbocycles. The molecule has 0 amide bonds. The van der Waals surface area contributed by atoms with E-state index < -0.39 is 0 Å². The van der Waals surface area contributed by atoms with Crippen molar-refractivity contribution in [3.05, 3.63) is 83.7 Å². The van der Waals surface area contributed by atoms with Gasteiger partial charge in [-0.05, 0) is 61.8 Å². The maximum Gasteiger partial charge on any atom is 0.139 e. The van der Waals surface area contributed by atoms with E-state index in [4.69, 9.17) is 9.47 Å². The van der Waals surface area contributed by atoms with E-state index in [1.54, 1.807) is 0 Å². The van der Waals surface area contributed by atoms with Gasteiger partial charge in [0, 0.05) is 30.9 Å². The van der Waals surface area contributed by atoms with E-state index in [9.17, 15) is 0 Å². The summed E-state index contributed by atoms with van der Waals surface area (Å²) in [6.45, 7) is 4.24. The van der Waals surface area contributed by atoms with Crippen molar-refractivity contribution < 1.29 is 9.47 Å². The van der Waals surface area contributed by atoms with Gasteiger partial charge < -0.3 is 19.7 Å². The monoisotopic (exact) mass is 457 g/mol. The van der Waals surface area contributed by atoms with E-state index >= 15 is 0 Å². The minimum Gasteiger partial charge on any atom is -0.490 e. The van der Waals surface area contributed by atoms with Gasteiger partial charge in [0.05, 0.1) is 24.7 Å². The largest absolute Gasteiger partial charge is 0.490 e. The number of hydrogen-bond donors (Lipinski definition) is 1. The number of anilines is 2. The van der Waals surface area contributed by atoms with Crippen molar-refractivity contribution in [2.45, 2.75) is 51.2 Å². The lowest BCUT2D eigenvalue weighted by Crippen LogP contribution is -2.28. The molecule has 0 aliphatic carbocycles. The Kier molecular flexibility index (Phi) is 7.74. The summed E-state index contributed by atoms with van der Waals surface area (Å²) in [5, 5.41) is 3.50. The van der Waals surface area contributed by atoms with Crippen LogP contribution in [0.3, 0.4) is 0 Å². The Morgan fingerprint density at radius 1 is 1.03 bits per heavy atom. The van der Waals surface area contributed by atoms with Crippen molar-refractivity contribution in [3.63, 3.8) is 0 Å². The molecule has 1 saturated heterocycles. The molecular weight excluding hydrogens is 422 g/mol. The van der Waals surface area contributed by atoms with Crippen LogP contribution in [0.4, 0.5) is 11.4 Å². The smallest absolute Gasteiger partial charge is 0.139 e. The maximum absolute atomic E-state index is 6.10. The van der Waals surface area contributed by atoms with Crippen LogP contribution in [0.15, 0.2) is 67.0 Å². The van der Waals surface area contributed by atoms with E-state index in [1.807, 2.05) is 18.5 Å². The molecule has 0 unspecified atom stereocenters. The van der Waals surface area contributed by atoms with Crippen molar-refractivity contribution in [1.82, 2.24) is 10.3 Å². The SMILES string of the molecule is c1ccc(COCCCc2cccc3c2N(c2cncc(OC[C@@H]4CCCN4)c2)CCC3)cc1. The minimum atomic E-state index is 0.454. The number of benzene rings is 2. The van der Waals surface area contributed by atoms with E-state index in [0.717, 1.165) is 56.8 Å². The number of rotatable bonds is 10. The van der Waals surface area contributed by atoms with Gasteiger partial charge in [0.25, 0.3) is 0 Å². The molecular formula is C29H35N3O2. The molecule has 3 heterocycles. The zero-order valence-electron chi connectivity index (χ0n) is 19.9. The first-order chi connectivity index (χ1) is 16.9. The third-order valence-corrected chi connectivity index (χ3v) is 6.77. The average molecular weight is 458 g/mol. The van der Waals surface area contributed by atoms with Crippen LogP contribution in [-0.2, 0) is 24.2 Å². The lowest BCUT2D eigenvalue weighted by Gasteiger charge is -2.33. The first-order valence-corrected chi connectivity index (χ1v) is 12.7. The van der Waals surface area contributed by atoms with E-state index in [1.165, 1.54) is 35.2 Å². The minimum absolute atomic E-state index is 0.454. The fourth-order valence-electron chi connectivity index (χ4n) is 5.05. The van der Waals surface area contributed by atoms with Crippen molar-refractivity contribution in [1.29, 1.82) is 0 Å². The highest BCUT2D eigenvalue weighted by Crippen LogP contribution is 2.37. The number of nitrogens with zero attached hydrogens (tertiary/aromatic N) is 2. The van der Waals surface area contributed by atoms with Crippen LogP contribution in [0.1, 0.15) is 42.4 Å². The summed E-state index contributed by atoms with van der Waals surface area (Å²) < 4.78 is 12.0. The average Bonchev–Trinajstić information content (AvgIpc) is 3.42. The molecule has 5 heteroatoms. The van der Waals surface area contributed by atoms with Crippen LogP contribution in [0.25, 0.3) is 0 Å². The van der Waals surface area contributed by atoms with Crippen LogP contribution in [0.2, 0.25) is 0 Å². The second kappa shape index (κ2) is 11.5. The quantitative estimate of drug-likeness (QED) is 0.411. The van der Waals surface area contributed by atoms with Gasteiger partial charge in [-0.1, -0.05) is 48.5 Å². The van der Waals surface area contributed by atoms with E-state index in [0.29, 0.717) is 19.3 Å². The first-order valence-electron chi connectivity index (χ1n) is 12.7. The highest BCUT2D eigenvalue weighted by atomic mass is 16.5. The standard InChI is InChI=1S/C29H35N3O2/c1-2-8-23(9-3-1)21-33-17-7-13-25-11-4-10-24-12-6-16-32(29(24)25)27-18-28(20-30-19-27)34-22-26-14-5-15-31-26/h1-4,8-11,18-20,26,31H,5-7,12-17,21-22H2/t26-/m0/s1. The molecule has 0 spiro atoms. The van der Waals surface area contributed by atoms with E-state index in [-0.39, 0.29) is 0 Å². The zero-order valence-corrected chi connectivity index (χ0v) is 19.9. The Hall–Kier alpha value is -2.89. The molecule has 2 aliphatic rings. The van der Waals surface area contributed by atoms with Crippen LogP contribution in [-0.4, -0.2) is 37.3 Å². The zero-order chi connectivity index (χ0) is 23.0. The Morgan fingerprint density at radius 3 is 2.85 bits per heavy atom. The fraction of sp³-hybridized carbons (Fsp3) is 0.414. The van der Waals surface area contributed by atoms with Crippen LogP contribution < -0.4 is 15.0 Å². The van der Waals surface area contributed by atoms with Gasteiger partial charge in [0.1, 0.15) is 12.4 Å². The number of para-hydroxylation sites is 1. The first kappa shape index (κ1) is 22.9. The molecule has 1 N–H and O–H groups in total. The molecule has 178 valence electrons. The van der Waals surface area contributed by atoms with Gasteiger partial charge in [-0.2, -0.15) is 0 Å². The predicted octanol–water partition coefficient (Wildman–Crippen LogP) is 5.45. The summed E-state index contributed by atoms with van der Waals surface area (Å²) in [7, 11) is 0. The summed E-state index contributed by atoms with van der Waals surface area (Å²) in [6, 6.07) is 19.7. The van der Waals surface area contributed by atoms with Crippen molar-refractivity contribution in [2.24, 2.45) is 0 Å². The predicted molar refractivity (Wildman–Crippen MR) is 137 cm³/mol. The van der Waals surface area contributed by atoms with Gasteiger partial charge in [-0.3, -0.25) is 4.98 Å². The van der Waals surface area contributed by atoms with Crippen LogP contribution >= 0.6 is 0 Å². The molecule has 5 nitrogen and oxygen atoms in total. The Balaban J connectivity index is 1.24. The Morgan fingerprint density at radius 2 is 1.97 bits per heavy atom. The highest BCUT2D eigenvalue weighted by molar-refractivity contribution is 5.71. The maximum atomic E-state index is 6.10. The molecule has 2 aromatic carbocycles. The molecule has 1 aromatic heterocycles. The fourth-order valence-corrected chi connectivity index (χ4v) is 5.05. The number of aryl methyl sites for hydroxylation is 2. The highest BCUT2D eigenvalue weighted by Gasteiger charge is 2.22. The molecule has 5 rings (SSSR count). The molecule has 34 heavy (non-hydrogen) atoms. The number of pyridine rings is 1. The Bertz CT molecular complexity index is 1050. The van der Waals surface area contributed by atoms with Gasteiger partial charge >= 0.3 is 0 Å². The number of hydrogen-bond acceptors (Lipinski definition) is 5. The number of aromatic nitrogens is 1. The third kappa shape index (κ3) is 5.78. The molecule has 1 fully saturated rings. The number of fused-ring (bicyclic) bond motifs is 1. The van der Waals surface area contributed by atoms with Crippen LogP contribution in [0, 0.1) is 0 Å². The summed E-state index contributed by atoms with van der Waals surface area (Å²) in [5.74, 6) is 0.852. The van der Waals surface area contributed by atoms with Crippen molar-refractivity contribution in [3.8, 4) is 5.75 Å². The van der Waals surface area contributed by atoms with Gasteiger partial charge in [-0.25, -0.2) is 0 Å². The Labute approximate surface area is 203 Å². The summed E-state index contributed by atoms with van der Waals surface area (Å²) >= 11 is 0. The molecule has 1 atom stereocenters. The lowest BCUT2D eigenvalue weighted by atomic mass is 9.95. The van der Waals surface area contributed by atoms with Crippen molar-refractivity contribution >= 4 is 11.4 Å². The van der Waals surface area contributed by atoms with Crippen LogP contribution in [0.5, 0.6) is 5.75 Å². The molecule has 0 radical (unpaired) electrons. The lowest BCUT2D eigenvalue weighted by molar-refractivity contribution is 0.118. The molecule has 0 bridgehead atoms. The molecule has 3 aromatic rings. The summed E-state index contributed by atoms with van der Waals surface area (Å²) in [6.07, 6.45) is 10.5. The molecule has 2 aliphatic heterocycles. The number of nitrogens with one attached hydrogen (secondary N) is 1. The normalized spacial score (nSPS) is 17.5. The summed E-state index contributed by atoms with van der Waals surface area (Å²) in [4.78, 5) is 6.95. The topological polar surface area (TPSA) is 46.6 Å². The number of ether oxygens (including phenoxy) is 2. The summed E-state index contributed by atoms with van der Waals surface area (Å²) in [5.41, 5.74) is 6.51.